The van der Waals surface area contributed by atoms with Gasteiger partial charge in [0.05, 0.1) is 16.7 Å². The zero-order chi connectivity index (χ0) is 8.43. The molecule has 1 N–H and O–H groups in total. The van der Waals surface area contributed by atoms with Gasteiger partial charge in [0.15, 0.2) is 0 Å². The van der Waals surface area contributed by atoms with Crippen LogP contribution in [-0.4, -0.2) is 5.11 Å². The summed E-state index contributed by atoms with van der Waals surface area (Å²) in [6, 6.07) is 3.45. The third-order valence-corrected chi connectivity index (χ3v) is 2.52. The number of benzene rings is 1. The van der Waals surface area contributed by atoms with E-state index in [4.69, 9.17) is 28.3 Å². The molecule has 1 nitrogen and oxygen atoms in total. The fraction of sp³-hybridized carbons (Fsp3) is 0.250. The van der Waals surface area contributed by atoms with Gasteiger partial charge in [-0.3, -0.25) is 0 Å². The van der Waals surface area contributed by atoms with E-state index in [9.17, 15) is 0 Å². The highest BCUT2D eigenvalue weighted by molar-refractivity contribution is 6.42. The Morgan fingerprint density at radius 2 is 2.00 bits per heavy atom. The Morgan fingerprint density at radius 3 is 2.55 bits per heavy atom. The quantitative estimate of drug-likeness (QED) is 0.723. The molecule has 0 aromatic heterocycles. The first-order valence-electron chi connectivity index (χ1n) is 3.21. The third-order valence-electron chi connectivity index (χ3n) is 1.62. The van der Waals surface area contributed by atoms with Gasteiger partial charge in [0.1, 0.15) is 0 Å². The van der Waals surface area contributed by atoms with Gasteiger partial charge in [-0.2, -0.15) is 0 Å². The Balaban J connectivity index is 3.25. The first-order chi connectivity index (χ1) is 5.16. The summed E-state index contributed by atoms with van der Waals surface area (Å²) in [6.07, 6.45) is 0. The molecule has 0 saturated carbocycles. The van der Waals surface area contributed by atoms with E-state index in [2.05, 4.69) is 0 Å². The van der Waals surface area contributed by atoms with E-state index >= 15 is 0 Å². The van der Waals surface area contributed by atoms with Crippen molar-refractivity contribution >= 4 is 23.2 Å². The lowest BCUT2D eigenvalue weighted by Gasteiger charge is -2.04. The highest BCUT2D eigenvalue weighted by Crippen LogP contribution is 2.27. The Bertz CT molecular complexity index is 271. The topological polar surface area (TPSA) is 20.2 Å². The molecular weight excluding hydrogens is 183 g/mol. The molecule has 0 amide bonds. The fourth-order valence-electron chi connectivity index (χ4n) is 0.863. The third kappa shape index (κ3) is 1.67. The molecule has 0 fully saturated rings. The molecule has 3 heteroatoms. The minimum atomic E-state index is 0.00270. The molecule has 0 spiro atoms. The summed E-state index contributed by atoms with van der Waals surface area (Å²) in [5.74, 6) is 0. The lowest BCUT2D eigenvalue weighted by atomic mass is 10.1. The van der Waals surface area contributed by atoms with Gasteiger partial charge in [-0.15, -0.1) is 0 Å². The maximum absolute atomic E-state index is 8.83. The van der Waals surface area contributed by atoms with Crippen LogP contribution in [0.5, 0.6) is 0 Å². The molecular formula is C8H8Cl2O. The van der Waals surface area contributed by atoms with Crippen molar-refractivity contribution < 1.29 is 5.11 Å². The predicted molar refractivity (Wildman–Crippen MR) is 47.1 cm³/mol. The second kappa shape index (κ2) is 3.44. The Hall–Kier alpha value is -0.240. The summed E-state index contributed by atoms with van der Waals surface area (Å²) in [5.41, 5.74) is 1.67. The van der Waals surface area contributed by atoms with Gasteiger partial charge in [-0.25, -0.2) is 0 Å². The van der Waals surface area contributed by atoms with Crippen LogP contribution in [0.4, 0.5) is 0 Å². The molecule has 0 radical (unpaired) electrons. The summed E-state index contributed by atoms with van der Waals surface area (Å²) in [4.78, 5) is 0. The molecule has 0 aliphatic rings. The van der Waals surface area contributed by atoms with Gasteiger partial charge in [-0.05, 0) is 24.1 Å². The molecule has 0 saturated heterocycles. The molecule has 1 aromatic carbocycles. The predicted octanol–water partition coefficient (Wildman–Crippen LogP) is 2.79. The lowest BCUT2D eigenvalue weighted by molar-refractivity contribution is 0.281. The summed E-state index contributed by atoms with van der Waals surface area (Å²) >= 11 is 11.5. The van der Waals surface area contributed by atoms with E-state index in [1.807, 2.05) is 6.92 Å². The van der Waals surface area contributed by atoms with Crippen LogP contribution >= 0.6 is 23.2 Å². The first kappa shape index (κ1) is 8.85. The number of hydrogen-bond acceptors (Lipinski definition) is 1. The van der Waals surface area contributed by atoms with Gasteiger partial charge in [0.25, 0.3) is 0 Å². The van der Waals surface area contributed by atoms with Crippen LogP contribution in [0.15, 0.2) is 12.1 Å². The van der Waals surface area contributed by atoms with Crippen LogP contribution < -0.4 is 0 Å². The van der Waals surface area contributed by atoms with E-state index in [-0.39, 0.29) is 6.61 Å². The largest absolute Gasteiger partial charge is 0.392 e. The maximum atomic E-state index is 8.83. The number of aliphatic hydroxyl groups excluding tert-OH is 1. The van der Waals surface area contributed by atoms with Crippen molar-refractivity contribution in [2.24, 2.45) is 0 Å². The second-order valence-corrected chi connectivity index (χ2v) is 3.09. The summed E-state index contributed by atoms with van der Waals surface area (Å²) < 4.78 is 0. The number of hydrogen-bond donors (Lipinski definition) is 1. The summed E-state index contributed by atoms with van der Waals surface area (Å²) in [7, 11) is 0. The van der Waals surface area contributed by atoms with Crippen molar-refractivity contribution in [3.63, 3.8) is 0 Å². The van der Waals surface area contributed by atoms with Crippen molar-refractivity contribution in [1.29, 1.82) is 0 Å². The van der Waals surface area contributed by atoms with Gasteiger partial charge in [0, 0.05) is 0 Å². The van der Waals surface area contributed by atoms with E-state index in [0.29, 0.717) is 10.0 Å². The molecule has 0 bridgehead atoms. The fourth-order valence-corrected chi connectivity index (χ4v) is 1.25. The van der Waals surface area contributed by atoms with Crippen LogP contribution in [0.2, 0.25) is 10.0 Å². The number of aliphatic hydroxyl groups is 1. The maximum Gasteiger partial charge on any atom is 0.0684 e. The molecule has 0 heterocycles. The van der Waals surface area contributed by atoms with Crippen molar-refractivity contribution in [2.75, 3.05) is 0 Å². The van der Waals surface area contributed by atoms with Gasteiger partial charge in [0.2, 0.25) is 0 Å². The molecule has 0 aliphatic heterocycles. The van der Waals surface area contributed by atoms with Crippen molar-refractivity contribution in [3.8, 4) is 0 Å². The summed E-state index contributed by atoms with van der Waals surface area (Å²) in [5, 5.41) is 9.89. The van der Waals surface area contributed by atoms with Crippen molar-refractivity contribution in [3.05, 3.63) is 33.3 Å². The minimum absolute atomic E-state index is 0.00270. The van der Waals surface area contributed by atoms with E-state index in [1.54, 1.807) is 12.1 Å². The van der Waals surface area contributed by atoms with E-state index < -0.39 is 0 Å². The van der Waals surface area contributed by atoms with Crippen LogP contribution in [-0.2, 0) is 6.61 Å². The van der Waals surface area contributed by atoms with E-state index in [0.717, 1.165) is 11.1 Å². The SMILES string of the molecule is Cc1c(CO)ccc(Cl)c1Cl. The highest BCUT2D eigenvalue weighted by Gasteiger charge is 2.04. The van der Waals surface area contributed by atoms with Gasteiger partial charge in [-0.1, -0.05) is 29.3 Å². The van der Waals surface area contributed by atoms with Crippen LogP contribution in [0.3, 0.4) is 0 Å². The van der Waals surface area contributed by atoms with Gasteiger partial charge < -0.3 is 5.11 Å². The standard InChI is InChI=1S/C8H8Cl2O/c1-5-6(4-11)2-3-7(9)8(5)10/h2-3,11H,4H2,1H3. The monoisotopic (exact) mass is 190 g/mol. The average Bonchev–Trinajstić information content (AvgIpc) is 2.01. The molecule has 0 unspecified atom stereocenters. The van der Waals surface area contributed by atoms with Crippen molar-refractivity contribution in [2.45, 2.75) is 13.5 Å². The van der Waals surface area contributed by atoms with Crippen molar-refractivity contribution in [1.82, 2.24) is 0 Å². The minimum Gasteiger partial charge on any atom is -0.392 e. The molecule has 0 aliphatic carbocycles. The molecule has 1 rings (SSSR count). The molecule has 0 atom stereocenters. The lowest BCUT2D eigenvalue weighted by Crippen LogP contribution is -1.89. The Kier molecular flexibility index (Phi) is 2.77. The van der Waals surface area contributed by atoms with Gasteiger partial charge >= 0.3 is 0 Å². The van der Waals surface area contributed by atoms with Crippen LogP contribution in [0.1, 0.15) is 11.1 Å². The van der Waals surface area contributed by atoms with E-state index in [1.165, 1.54) is 0 Å². The average molecular weight is 191 g/mol. The summed E-state index contributed by atoms with van der Waals surface area (Å²) in [6.45, 7) is 1.84. The Morgan fingerprint density at radius 1 is 1.36 bits per heavy atom. The molecule has 60 valence electrons. The first-order valence-corrected chi connectivity index (χ1v) is 3.96. The smallest absolute Gasteiger partial charge is 0.0684 e. The highest BCUT2D eigenvalue weighted by atomic mass is 35.5. The normalized spacial score (nSPS) is 10.2. The number of halogens is 2. The van der Waals surface area contributed by atoms with Crippen LogP contribution in [0, 0.1) is 6.92 Å². The molecule has 11 heavy (non-hydrogen) atoms. The second-order valence-electron chi connectivity index (χ2n) is 2.30. The van der Waals surface area contributed by atoms with Crippen LogP contribution in [0.25, 0.3) is 0 Å². The molecule has 1 aromatic rings. The zero-order valence-electron chi connectivity index (χ0n) is 6.06. The Labute approximate surface area is 75.6 Å². The number of rotatable bonds is 1. The zero-order valence-corrected chi connectivity index (χ0v) is 7.58.